The van der Waals surface area contributed by atoms with E-state index in [2.05, 4.69) is 15.9 Å². The monoisotopic (exact) mass is 398 g/mol. The Morgan fingerprint density at radius 2 is 1.71 bits per heavy atom. The summed E-state index contributed by atoms with van der Waals surface area (Å²) in [4.78, 5) is 25.6. The van der Waals surface area contributed by atoms with Crippen LogP contribution in [0.2, 0.25) is 0 Å². The second-order valence-electron chi connectivity index (χ2n) is 5.92. The first-order valence-corrected chi connectivity index (χ1v) is 9.01. The molecule has 2 rings (SSSR count). The lowest BCUT2D eigenvalue weighted by atomic mass is 9.71. The molecule has 5 nitrogen and oxygen atoms in total. The van der Waals surface area contributed by atoms with Crippen molar-refractivity contribution in [2.75, 3.05) is 19.8 Å². The number of carbonyl (C=O) groups excluding carboxylic acids is 2. The molecule has 0 aliphatic heterocycles. The van der Waals surface area contributed by atoms with E-state index in [0.717, 1.165) is 10.0 Å². The van der Waals surface area contributed by atoms with Gasteiger partial charge in [0.25, 0.3) is 0 Å². The first kappa shape index (κ1) is 18.9. The summed E-state index contributed by atoms with van der Waals surface area (Å²) in [6.45, 7) is 3.71. The molecule has 1 aromatic rings. The third-order valence-corrected chi connectivity index (χ3v) is 5.18. The SMILES string of the molecule is CCOC(=O)C1(C(=O)OCC)CC[C@H](CO)[C@H]1c1ccc(Br)cc1. The Balaban J connectivity index is 2.54. The smallest absolute Gasteiger partial charge is 0.324 e. The van der Waals surface area contributed by atoms with Gasteiger partial charge in [-0.3, -0.25) is 9.59 Å². The summed E-state index contributed by atoms with van der Waals surface area (Å²) in [5.41, 5.74) is -0.566. The van der Waals surface area contributed by atoms with E-state index in [9.17, 15) is 14.7 Å². The fourth-order valence-electron chi connectivity index (χ4n) is 3.62. The number of esters is 2. The molecule has 2 atom stereocenters. The number of aliphatic hydroxyl groups excluding tert-OH is 1. The van der Waals surface area contributed by atoms with Crippen LogP contribution in [0.4, 0.5) is 0 Å². The molecule has 1 aromatic carbocycles. The molecule has 6 heteroatoms. The Bertz CT molecular complexity index is 566. The lowest BCUT2D eigenvalue weighted by Crippen LogP contribution is -2.45. The maximum atomic E-state index is 12.8. The number of hydrogen-bond donors (Lipinski definition) is 1. The Kier molecular flexibility index (Phi) is 6.40. The van der Waals surface area contributed by atoms with Gasteiger partial charge >= 0.3 is 11.9 Å². The maximum Gasteiger partial charge on any atom is 0.324 e. The third kappa shape index (κ3) is 3.35. The van der Waals surface area contributed by atoms with Gasteiger partial charge in [-0.2, -0.15) is 0 Å². The molecule has 1 saturated carbocycles. The predicted molar refractivity (Wildman–Crippen MR) is 92.4 cm³/mol. The first-order valence-electron chi connectivity index (χ1n) is 8.22. The van der Waals surface area contributed by atoms with E-state index in [1.54, 1.807) is 13.8 Å². The highest BCUT2D eigenvalue weighted by atomic mass is 79.9. The van der Waals surface area contributed by atoms with Crippen LogP contribution in [0.25, 0.3) is 0 Å². The maximum absolute atomic E-state index is 12.8. The average Bonchev–Trinajstić information content (AvgIpc) is 2.96. The molecule has 1 N–H and O–H groups in total. The van der Waals surface area contributed by atoms with E-state index in [0.29, 0.717) is 12.8 Å². The van der Waals surface area contributed by atoms with Crippen LogP contribution in [0.3, 0.4) is 0 Å². The van der Waals surface area contributed by atoms with Crippen molar-refractivity contribution in [3.05, 3.63) is 34.3 Å². The van der Waals surface area contributed by atoms with Gasteiger partial charge in [-0.1, -0.05) is 28.1 Å². The normalized spacial score (nSPS) is 22.2. The number of carbonyl (C=O) groups is 2. The number of benzene rings is 1. The van der Waals surface area contributed by atoms with E-state index in [4.69, 9.17) is 9.47 Å². The zero-order valence-corrected chi connectivity index (χ0v) is 15.5. The molecule has 0 aromatic heterocycles. The van der Waals surface area contributed by atoms with Crippen LogP contribution < -0.4 is 0 Å². The second kappa shape index (κ2) is 8.12. The summed E-state index contributed by atoms with van der Waals surface area (Å²) in [6.07, 6.45) is 0.880. The van der Waals surface area contributed by atoms with E-state index in [-0.39, 0.29) is 25.7 Å². The molecule has 0 spiro atoms. The molecule has 132 valence electrons. The molecular formula is C18H23BrO5. The largest absolute Gasteiger partial charge is 0.465 e. The third-order valence-electron chi connectivity index (χ3n) is 4.65. The highest BCUT2D eigenvalue weighted by Crippen LogP contribution is 2.54. The Hall–Kier alpha value is -1.40. The van der Waals surface area contributed by atoms with Crippen molar-refractivity contribution in [2.24, 2.45) is 11.3 Å². The number of ether oxygens (including phenoxy) is 2. The number of hydrogen-bond acceptors (Lipinski definition) is 5. The lowest BCUT2D eigenvalue weighted by molar-refractivity contribution is -0.173. The van der Waals surface area contributed by atoms with Gasteiger partial charge in [0.15, 0.2) is 5.41 Å². The van der Waals surface area contributed by atoms with Crippen LogP contribution in [0, 0.1) is 11.3 Å². The quantitative estimate of drug-likeness (QED) is 0.588. The van der Waals surface area contributed by atoms with Crippen molar-refractivity contribution in [1.82, 2.24) is 0 Å². The standard InChI is InChI=1S/C18H23BrO5/c1-3-23-16(21)18(17(22)24-4-2)10-9-13(11-20)15(18)12-5-7-14(19)8-6-12/h5-8,13,15,20H,3-4,9-11H2,1-2H3/t13-,15-/m1/s1. The van der Waals surface area contributed by atoms with Gasteiger partial charge in [-0.15, -0.1) is 0 Å². The summed E-state index contributed by atoms with van der Waals surface area (Å²) < 4.78 is 11.4. The van der Waals surface area contributed by atoms with Crippen LogP contribution in [-0.2, 0) is 19.1 Å². The molecule has 0 unspecified atom stereocenters. The van der Waals surface area contributed by atoms with Gasteiger partial charge in [0.2, 0.25) is 0 Å². The molecule has 0 amide bonds. The van der Waals surface area contributed by atoms with Gasteiger partial charge < -0.3 is 14.6 Å². The highest BCUT2D eigenvalue weighted by Gasteiger charge is 2.61. The fraction of sp³-hybridized carbons (Fsp3) is 0.556. The minimum Gasteiger partial charge on any atom is -0.465 e. The number of aliphatic hydroxyl groups is 1. The first-order chi connectivity index (χ1) is 11.5. The summed E-state index contributed by atoms with van der Waals surface area (Å²) >= 11 is 3.39. The lowest BCUT2D eigenvalue weighted by Gasteiger charge is -2.33. The van der Waals surface area contributed by atoms with Crippen molar-refractivity contribution in [2.45, 2.75) is 32.6 Å². The van der Waals surface area contributed by atoms with E-state index in [1.165, 1.54) is 0 Å². The molecule has 0 saturated heterocycles. The second-order valence-corrected chi connectivity index (χ2v) is 6.84. The summed E-state index contributed by atoms with van der Waals surface area (Å²) in [6, 6.07) is 7.47. The van der Waals surface area contributed by atoms with Gasteiger partial charge in [0, 0.05) is 17.0 Å². The van der Waals surface area contributed by atoms with Gasteiger partial charge in [-0.25, -0.2) is 0 Å². The minimum absolute atomic E-state index is 0.0959. The van der Waals surface area contributed by atoms with Crippen molar-refractivity contribution in [3.63, 3.8) is 0 Å². The van der Waals surface area contributed by atoms with Crippen molar-refractivity contribution >= 4 is 27.9 Å². The van der Waals surface area contributed by atoms with Crippen molar-refractivity contribution in [1.29, 1.82) is 0 Å². The topological polar surface area (TPSA) is 72.8 Å². The Morgan fingerprint density at radius 1 is 1.17 bits per heavy atom. The van der Waals surface area contributed by atoms with Gasteiger partial charge in [0.05, 0.1) is 13.2 Å². The average molecular weight is 399 g/mol. The van der Waals surface area contributed by atoms with Crippen molar-refractivity contribution < 1.29 is 24.2 Å². The molecule has 0 bridgehead atoms. The van der Waals surface area contributed by atoms with Crippen LogP contribution in [0.1, 0.15) is 38.2 Å². The van der Waals surface area contributed by atoms with Crippen LogP contribution in [0.5, 0.6) is 0 Å². The molecule has 0 radical (unpaired) electrons. The highest BCUT2D eigenvalue weighted by molar-refractivity contribution is 9.10. The van der Waals surface area contributed by atoms with Crippen molar-refractivity contribution in [3.8, 4) is 0 Å². The molecule has 1 aliphatic carbocycles. The fourth-order valence-corrected chi connectivity index (χ4v) is 3.89. The molecule has 1 fully saturated rings. The molecule has 24 heavy (non-hydrogen) atoms. The van der Waals surface area contributed by atoms with E-state index < -0.39 is 23.3 Å². The van der Waals surface area contributed by atoms with E-state index >= 15 is 0 Å². The number of halogens is 1. The van der Waals surface area contributed by atoms with Gasteiger partial charge in [0.1, 0.15) is 0 Å². The number of rotatable bonds is 6. The molecule has 0 heterocycles. The summed E-state index contributed by atoms with van der Waals surface area (Å²) in [5, 5.41) is 9.79. The van der Waals surface area contributed by atoms with E-state index in [1.807, 2.05) is 24.3 Å². The van der Waals surface area contributed by atoms with Crippen LogP contribution in [0.15, 0.2) is 28.7 Å². The zero-order valence-electron chi connectivity index (χ0n) is 14.0. The Labute approximate surface area is 150 Å². The molecular weight excluding hydrogens is 376 g/mol. The minimum atomic E-state index is -1.40. The summed E-state index contributed by atoms with van der Waals surface area (Å²) in [7, 11) is 0. The van der Waals surface area contributed by atoms with Crippen LogP contribution in [-0.4, -0.2) is 36.9 Å². The predicted octanol–water partition coefficient (Wildman–Crippen LogP) is 3.05. The molecule has 1 aliphatic rings. The van der Waals surface area contributed by atoms with Crippen LogP contribution >= 0.6 is 15.9 Å². The Morgan fingerprint density at radius 3 is 2.17 bits per heavy atom. The van der Waals surface area contributed by atoms with Gasteiger partial charge in [-0.05, 0) is 50.3 Å². The zero-order chi connectivity index (χ0) is 17.7. The summed E-state index contributed by atoms with van der Waals surface area (Å²) in [5.74, 6) is -1.78.